The maximum atomic E-state index is 12.4. The van der Waals surface area contributed by atoms with Crippen LogP contribution in [0.4, 0.5) is 5.69 Å². The number of carbonyl (C=O) groups excluding carboxylic acids is 1. The van der Waals surface area contributed by atoms with Gasteiger partial charge in [-0.3, -0.25) is 4.79 Å². The van der Waals surface area contributed by atoms with Crippen molar-refractivity contribution in [1.82, 2.24) is 4.90 Å². The average Bonchev–Trinajstić information content (AvgIpc) is 2.81. The van der Waals surface area contributed by atoms with E-state index in [9.17, 15) is 15.2 Å². The minimum Gasteiger partial charge on any atom is -0.506 e. The van der Waals surface area contributed by atoms with Gasteiger partial charge >= 0.3 is 0 Å². The number of phenolic OH excluding ortho intramolecular Hbond substituents is 1. The first-order chi connectivity index (χ1) is 8.72. The molecular formula is C13H13N3O2. The lowest BCUT2D eigenvalue weighted by atomic mass is 10.1. The van der Waals surface area contributed by atoms with Crippen LogP contribution in [0.3, 0.4) is 0 Å². The number of para-hydroxylation sites is 1. The van der Waals surface area contributed by atoms with E-state index in [1.54, 1.807) is 17.0 Å². The summed E-state index contributed by atoms with van der Waals surface area (Å²) in [6.07, 6.45) is 1.75. The van der Waals surface area contributed by atoms with Gasteiger partial charge < -0.3 is 15.3 Å². The van der Waals surface area contributed by atoms with E-state index in [0.717, 1.165) is 12.8 Å². The Morgan fingerprint density at radius 2 is 2.33 bits per heavy atom. The number of fused-ring (bicyclic) bond motifs is 2. The number of amides is 1. The number of benzene rings is 1. The van der Waals surface area contributed by atoms with Crippen molar-refractivity contribution in [2.75, 3.05) is 11.9 Å². The van der Waals surface area contributed by atoms with Crippen LogP contribution >= 0.6 is 0 Å². The van der Waals surface area contributed by atoms with Crippen molar-refractivity contribution >= 4 is 11.6 Å². The van der Waals surface area contributed by atoms with Gasteiger partial charge in [0.15, 0.2) is 0 Å². The summed E-state index contributed by atoms with van der Waals surface area (Å²) in [5.41, 5.74) is 0.822. The normalized spacial score (nSPS) is 25.7. The zero-order valence-corrected chi connectivity index (χ0v) is 9.76. The molecule has 0 unspecified atom stereocenters. The number of nitrogens with one attached hydrogen (secondary N) is 1. The number of carbonyl (C=O) groups is 1. The van der Waals surface area contributed by atoms with Crippen molar-refractivity contribution in [2.24, 2.45) is 0 Å². The molecule has 18 heavy (non-hydrogen) atoms. The van der Waals surface area contributed by atoms with Crippen molar-refractivity contribution in [2.45, 2.75) is 24.9 Å². The van der Waals surface area contributed by atoms with Crippen LogP contribution in [0.5, 0.6) is 5.75 Å². The summed E-state index contributed by atoms with van der Waals surface area (Å²) in [6.45, 7) is 0.679. The van der Waals surface area contributed by atoms with Gasteiger partial charge in [-0.05, 0) is 25.0 Å². The van der Waals surface area contributed by atoms with E-state index in [1.807, 2.05) is 0 Å². The number of nitriles is 1. The van der Waals surface area contributed by atoms with Crippen LogP contribution in [0, 0.1) is 11.3 Å². The molecular weight excluding hydrogens is 230 g/mol. The Kier molecular flexibility index (Phi) is 2.37. The lowest BCUT2D eigenvalue weighted by Gasteiger charge is -2.24. The number of rotatable bonds is 0. The fourth-order valence-electron chi connectivity index (χ4n) is 2.79. The SMILES string of the molecule is N#C[C@H]1Nc2c(O)cccc2C(=O)N2CCC[C@@H]12. The van der Waals surface area contributed by atoms with Crippen LogP contribution in [-0.4, -0.2) is 34.5 Å². The molecule has 0 saturated carbocycles. The van der Waals surface area contributed by atoms with Crippen molar-refractivity contribution in [3.63, 3.8) is 0 Å². The minimum atomic E-state index is -0.467. The fraction of sp³-hybridized carbons (Fsp3) is 0.385. The van der Waals surface area contributed by atoms with Gasteiger partial charge in [-0.15, -0.1) is 0 Å². The number of aromatic hydroxyl groups is 1. The van der Waals surface area contributed by atoms with E-state index < -0.39 is 6.04 Å². The van der Waals surface area contributed by atoms with Gasteiger partial charge in [0.05, 0.1) is 23.4 Å². The monoisotopic (exact) mass is 243 g/mol. The van der Waals surface area contributed by atoms with Crippen LogP contribution in [0.25, 0.3) is 0 Å². The van der Waals surface area contributed by atoms with Crippen LogP contribution in [0.2, 0.25) is 0 Å². The Morgan fingerprint density at radius 1 is 1.50 bits per heavy atom. The summed E-state index contributed by atoms with van der Waals surface area (Å²) in [5.74, 6) is -0.0871. The van der Waals surface area contributed by atoms with Gasteiger partial charge in [0.25, 0.3) is 5.91 Å². The molecule has 1 aromatic rings. The molecule has 0 bridgehead atoms. The number of phenols is 1. The van der Waals surface area contributed by atoms with Gasteiger partial charge in [-0.25, -0.2) is 0 Å². The Bertz CT molecular complexity index is 550. The number of hydrogen-bond acceptors (Lipinski definition) is 4. The van der Waals surface area contributed by atoms with Crippen molar-refractivity contribution < 1.29 is 9.90 Å². The highest BCUT2D eigenvalue weighted by Gasteiger charge is 2.39. The Hall–Kier alpha value is -2.22. The zero-order valence-electron chi connectivity index (χ0n) is 9.76. The van der Waals surface area contributed by atoms with Gasteiger partial charge in [0.2, 0.25) is 0 Å². The molecule has 2 aliphatic rings. The Labute approximate surface area is 105 Å². The first-order valence-corrected chi connectivity index (χ1v) is 6.01. The zero-order chi connectivity index (χ0) is 12.7. The van der Waals surface area contributed by atoms with E-state index in [0.29, 0.717) is 17.8 Å². The van der Waals surface area contributed by atoms with Crippen LogP contribution < -0.4 is 5.32 Å². The molecule has 2 N–H and O–H groups in total. The first kappa shape index (κ1) is 10.9. The van der Waals surface area contributed by atoms with Gasteiger partial charge in [-0.1, -0.05) is 6.07 Å². The molecule has 0 radical (unpaired) electrons. The molecule has 1 aromatic carbocycles. The molecule has 5 nitrogen and oxygen atoms in total. The second-order valence-electron chi connectivity index (χ2n) is 4.66. The molecule has 0 aromatic heterocycles. The molecule has 1 amide bonds. The summed E-state index contributed by atoms with van der Waals surface area (Å²) in [7, 11) is 0. The third-order valence-electron chi connectivity index (χ3n) is 3.66. The van der Waals surface area contributed by atoms with E-state index in [2.05, 4.69) is 11.4 Å². The molecule has 3 rings (SSSR count). The van der Waals surface area contributed by atoms with Crippen LogP contribution in [0.1, 0.15) is 23.2 Å². The highest BCUT2D eigenvalue weighted by atomic mass is 16.3. The number of nitrogens with zero attached hydrogens (tertiary/aromatic N) is 2. The smallest absolute Gasteiger partial charge is 0.256 e. The standard InChI is InChI=1S/C13H13N3O2/c14-7-9-10-4-2-6-16(10)13(18)8-3-1-5-11(17)12(8)15-9/h1,3,5,9-10,15,17H,2,4,6H2/t9-,10+/m1/s1. The second-order valence-corrected chi connectivity index (χ2v) is 4.66. The summed E-state index contributed by atoms with van der Waals surface area (Å²) >= 11 is 0. The Morgan fingerprint density at radius 3 is 3.11 bits per heavy atom. The quantitative estimate of drug-likeness (QED) is 0.674. The third-order valence-corrected chi connectivity index (χ3v) is 3.66. The topological polar surface area (TPSA) is 76.4 Å². The predicted octanol–water partition coefficient (Wildman–Crippen LogP) is 1.31. The minimum absolute atomic E-state index is 0.0160. The highest BCUT2D eigenvalue weighted by molar-refractivity contribution is 6.02. The van der Waals surface area contributed by atoms with E-state index in [-0.39, 0.29) is 17.7 Å². The third kappa shape index (κ3) is 1.42. The number of anilines is 1. The van der Waals surface area contributed by atoms with E-state index in [4.69, 9.17) is 0 Å². The lowest BCUT2D eigenvalue weighted by Crippen LogP contribution is -2.42. The second kappa shape index (κ2) is 3.91. The predicted molar refractivity (Wildman–Crippen MR) is 65.2 cm³/mol. The summed E-state index contributed by atoms with van der Waals surface area (Å²) < 4.78 is 0. The maximum absolute atomic E-state index is 12.4. The highest BCUT2D eigenvalue weighted by Crippen LogP contribution is 2.35. The molecule has 1 saturated heterocycles. The molecule has 2 heterocycles. The molecule has 2 atom stereocenters. The lowest BCUT2D eigenvalue weighted by molar-refractivity contribution is 0.0740. The van der Waals surface area contributed by atoms with Crippen LogP contribution in [0.15, 0.2) is 18.2 Å². The first-order valence-electron chi connectivity index (χ1n) is 6.01. The average molecular weight is 243 g/mol. The van der Waals surface area contributed by atoms with Gasteiger partial charge in [0.1, 0.15) is 11.8 Å². The summed E-state index contributed by atoms with van der Waals surface area (Å²) in [6, 6.07) is 6.46. The fourth-order valence-corrected chi connectivity index (χ4v) is 2.79. The summed E-state index contributed by atoms with van der Waals surface area (Å²) in [5, 5.41) is 22.1. The van der Waals surface area contributed by atoms with E-state index >= 15 is 0 Å². The number of hydrogen-bond donors (Lipinski definition) is 2. The van der Waals surface area contributed by atoms with Crippen LogP contribution in [-0.2, 0) is 0 Å². The Balaban J connectivity index is 2.14. The molecule has 1 fully saturated rings. The summed E-state index contributed by atoms with van der Waals surface area (Å²) in [4.78, 5) is 14.1. The van der Waals surface area contributed by atoms with Gasteiger partial charge in [0, 0.05) is 6.54 Å². The maximum Gasteiger partial charge on any atom is 0.256 e. The van der Waals surface area contributed by atoms with Crippen molar-refractivity contribution in [1.29, 1.82) is 5.26 Å². The largest absolute Gasteiger partial charge is 0.506 e. The molecule has 0 spiro atoms. The molecule has 5 heteroatoms. The van der Waals surface area contributed by atoms with Crippen molar-refractivity contribution in [3.8, 4) is 11.8 Å². The molecule has 0 aliphatic carbocycles. The van der Waals surface area contributed by atoms with E-state index in [1.165, 1.54) is 6.07 Å². The van der Waals surface area contributed by atoms with Gasteiger partial charge in [-0.2, -0.15) is 5.26 Å². The molecule has 2 aliphatic heterocycles. The molecule has 92 valence electrons. The van der Waals surface area contributed by atoms with Crippen molar-refractivity contribution in [3.05, 3.63) is 23.8 Å².